The lowest BCUT2D eigenvalue weighted by atomic mass is 9.98. The molecule has 3 rings (SSSR count). The van der Waals surface area contributed by atoms with E-state index < -0.39 is 0 Å². The number of carbonyl (C=O) groups excluding carboxylic acids is 1. The van der Waals surface area contributed by atoms with Crippen molar-refractivity contribution in [3.8, 4) is 0 Å². The number of carbonyl (C=O) groups is 1. The largest absolute Gasteiger partial charge is 0.438 e. The summed E-state index contributed by atoms with van der Waals surface area (Å²) >= 11 is 0. The van der Waals surface area contributed by atoms with Gasteiger partial charge in [-0.05, 0) is 37.3 Å². The van der Waals surface area contributed by atoms with Crippen LogP contribution in [-0.4, -0.2) is 17.6 Å². The fourth-order valence-corrected chi connectivity index (χ4v) is 2.36. The lowest BCUT2D eigenvalue weighted by molar-refractivity contribution is 0.139. The summed E-state index contributed by atoms with van der Waals surface area (Å²) in [7, 11) is 0. The minimum atomic E-state index is -0.312. The Kier molecular flexibility index (Phi) is 1.94. The summed E-state index contributed by atoms with van der Waals surface area (Å²) in [5.41, 5.74) is 3.78. The summed E-state index contributed by atoms with van der Waals surface area (Å²) in [6.45, 7) is 0.582. The van der Waals surface area contributed by atoms with Crippen LogP contribution in [0.1, 0.15) is 35.9 Å². The number of aromatic amines is 1. The van der Waals surface area contributed by atoms with E-state index in [1.807, 2.05) is 0 Å². The number of ether oxygens (including phenoxy) is 1. The van der Waals surface area contributed by atoms with E-state index in [2.05, 4.69) is 16.4 Å². The number of aromatic nitrogens is 1. The van der Waals surface area contributed by atoms with E-state index in [9.17, 15) is 4.79 Å². The number of hydrogen-bond acceptors (Lipinski definition) is 2. The monoisotopic (exact) mass is 206 g/mol. The van der Waals surface area contributed by atoms with Crippen LogP contribution in [0.5, 0.6) is 0 Å². The van der Waals surface area contributed by atoms with Crippen LogP contribution in [0.2, 0.25) is 0 Å². The third kappa shape index (κ3) is 1.50. The summed E-state index contributed by atoms with van der Waals surface area (Å²) in [5, 5.41) is 2.67. The average Bonchev–Trinajstić information content (AvgIpc) is 2.82. The maximum atomic E-state index is 10.9. The Hall–Kier alpha value is -1.45. The molecule has 2 N–H and O–H groups in total. The fourth-order valence-electron chi connectivity index (χ4n) is 2.36. The molecule has 1 aliphatic carbocycles. The Balaban J connectivity index is 1.86. The van der Waals surface area contributed by atoms with Crippen molar-refractivity contribution in [1.82, 2.24) is 10.3 Å². The summed E-state index contributed by atoms with van der Waals surface area (Å²) < 4.78 is 5.14. The predicted octanol–water partition coefficient (Wildman–Crippen LogP) is 1.67. The minimum Gasteiger partial charge on any atom is -0.438 e. The van der Waals surface area contributed by atoms with Gasteiger partial charge < -0.3 is 15.0 Å². The smallest absolute Gasteiger partial charge is 0.408 e. The highest BCUT2D eigenvalue weighted by Crippen LogP contribution is 2.27. The number of nitrogens with one attached hydrogen (secondary N) is 2. The molecule has 15 heavy (non-hydrogen) atoms. The molecule has 0 aromatic carbocycles. The van der Waals surface area contributed by atoms with Crippen molar-refractivity contribution in [2.45, 2.75) is 31.8 Å². The molecule has 0 saturated carbocycles. The molecule has 2 aliphatic rings. The number of rotatable bonds is 1. The van der Waals surface area contributed by atoms with Gasteiger partial charge in [-0.15, -0.1) is 0 Å². The zero-order chi connectivity index (χ0) is 10.3. The number of H-pyrrole nitrogens is 1. The van der Waals surface area contributed by atoms with Gasteiger partial charge in [0, 0.05) is 5.69 Å². The molecular weight excluding hydrogens is 192 g/mol. The van der Waals surface area contributed by atoms with Crippen molar-refractivity contribution in [3.63, 3.8) is 0 Å². The zero-order valence-electron chi connectivity index (χ0n) is 8.51. The summed E-state index contributed by atoms with van der Waals surface area (Å²) in [6, 6.07) is 2.15. The molecule has 80 valence electrons. The highest BCUT2D eigenvalue weighted by Gasteiger charge is 2.26. The molecule has 1 aromatic rings. The van der Waals surface area contributed by atoms with Crippen LogP contribution >= 0.6 is 0 Å². The van der Waals surface area contributed by atoms with Crippen LogP contribution in [0.25, 0.3) is 0 Å². The van der Waals surface area contributed by atoms with Crippen molar-refractivity contribution in [2.75, 3.05) is 6.54 Å². The second-order valence-electron chi connectivity index (χ2n) is 4.21. The molecule has 1 atom stereocenters. The summed E-state index contributed by atoms with van der Waals surface area (Å²) in [4.78, 5) is 14.3. The molecule has 1 unspecified atom stereocenters. The third-order valence-corrected chi connectivity index (χ3v) is 3.16. The topological polar surface area (TPSA) is 54.1 Å². The van der Waals surface area contributed by atoms with Gasteiger partial charge in [0.25, 0.3) is 0 Å². The lowest BCUT2D eigenvalue weighted by Gasteiger charge is -2.09. The number of aryl methyl sites for hydroxylation is 2. The summed E-state index contributed by atoms with van der Waals surface area (Å²) in [6.07, 6.45) is 4.38. The van der Waals surface area contributed by atoms with Gasteiger partial charge in [-0.1, -0.05) is 0 Å². The number of fused-ring (bicyclic) bond motifs is 1. The lowest BCUT2D eigenvalue weighted by Crippen LogP contribution is -2.12. The van der Waals surface area contributed by atoms with Crippen molar-refractivity contribution in [2.24, 2.45) is 0 Å². The Labute approximate surface area is 88.0 Å². The predicted molar refractivity (Wildman–Crippen MR) is 54.7 cm³/mol. The number of cyclic esters (lactones) is 1. The molecule has 4 heteroatoms. The van der Waals surface area contributed by atoms with E-state index in [0.29, 0.717) is 6.54 Å². The molecular formula is C11H14N2O2. The first kappa shape index (κ1) is 8.83. The van der Waals surface area contributed by atoms with Crippen molar-refractivity contribution in [1.29, 1.82) is 0 Å². The number of alkyl carbamates (subject to hydrolysis) is 1. The number of hydrogen-bond donors (Lipinski definition) is 2. The van der Waals surface area contributed by atoms with Gasteiger partial charge in [-0.25, -0.2) is 4.79 Å². The molecule has 1 amide bonds. The van der Waals surface area contributed by atoms with Crippen LogP contribution in [0, 0.1) is 0 Å². The highest BCUT2D eigenvalue weighted by molar-refractivity contribution is 5.69. The van der Waals surface area contributed by atoms with Gasteiger partial charge in [-0.3, -0.25) is 0 Å². The van der Waals surface area contributed by atoms with Gasteiger partial charge >= 0.3 is 6.09 Å². The quantitative estimate of drug-likeness (QED) is 0.734. The van der Waals surface area contributed by atoms with Gasteiger partial charge in [0.2, 0.25) is 0 Å². The van der Waals surface area contributed by atoms with E-state index in [1.165, 1.54) is 24.1 Å². The third-order valence-electron chi connectivity index (χ3n) is 3.16. The molecule has 0 bridgehead atoms. The maximum Gasteiger partial charge on any atom is 0.408 e. The van der Waals surface area contributed by atoms with E-state index in [-0.39, 0.29) is 12.2 Å². The Bertz CT molecular complexity index is 374. The first-order valence-electron chi connectivity index (χ1n) is 5.48. The van der Waals surface area contributed by atoms with Gasteiger partial charge in [-0.2, -0.15) is 0 Å². The van der Waals surface area contributed by atoms with Gasteiger partial charge in [0.05, 0.1) is 12.2 Å². The van der Waals surface area contributed by atoms with Crippen molar-refractivity contribution < 1.29 is 9.53 Å². The first-order valence-corrected chi connectivity index (χ1v) is 5.48. The molecule has 1 aromatic heterocycles. The van der Waals surface area contributed by atoms with Crippen molar-refractivity contribution >= 4 is 6.09 Å². The van der Waals surface area contributed by atoms with Crippen LogP contribution < -0.4 is 5.32 Å². The molecule has 2 heterocycles. The standard InChI is InChI=1S/C11H14N2O2/c14-11-12-6-10(15-11)9-5-7-3-1-2-4-8(7)13-9/h5,10,13H,1-4,6H2,(H,12,14). The fraction of sp³-hybridized carbons (Fsp3) is 0.545. The molecule has 0 radical (unpaired) electrons. The molecule has 4 nitrogen and oxygen atoms in total. The summed E-state index contributed by atoms with van der Waals surface area (Å²) in [5.74, 6) is 0. The Morgan fingerprint density at radius 2 is 2.20 bits per heavy atom. The SMILES string of the molecule is O=C1NCC(c2cc3c([nH]2)CCCC3)O1. The Morgan fingerprint density at radius 3 is 2.93 bits per heavy atom. The molecule has 1 saturated heterocycles. The molecule has 1 aliphatic heterocycles. The van der Waals surface area contributed by atoms with Crippen LogP contribution in [0.4, 0.5) is 4.79 Å². The minimum absolute atomic E-state index is 0.122. The second-order valence-corrected chi connectivity index (χ2v) is 4.21. The zero-order valence-corrected chi connectivity index (χ0v) is 8.51. The molecule has 0 spiro atoms. The van der Waals surface area contributed by atoms with Gasteiger partial charge in [0.15, 0.2) is 6.10 Å². The average molecular weight is 206 g/mol. The van der Waals surface area contributed by atoms with E-state index in [4.69, 9.17) is 4.74 Å². The van der Waals surface area contributed by atoms with E-state index in [0.717, 1.165) is 18.5 Å². The maximum absolute atomic E-state index is 10.9. The Morgan fingerprint density at radius 1 is 1.33 bits per heavy atom. The van der Waals surface area contributed by atoms with Gasteiger partial charge in [0.1, 0.15) is 0 Å². The van der Waals surface area contributed by atoms with Crippen molar-refractivity contribution in [3.05, 3.63) is 23.0 Å². The normalized spacial score (nSPS) is 24.5. The van der Waals surface area contributed by atoms with Crippen LogP contribution in [0.15, 0.2) is 6.07 Å². The first-order chi connectivity index (χ1) is 7.33. The molecule has 1 fully saturated rings. The van der Waals surface area contributed by atoms with Crippen LogP contribution in [-0.2, 0) is 17.6 Å². The second kappa shape index (κ2) is 3.29. The number of amides is 1. The highest BCUT2D eigenvalue weighted by atomic mass is 16.6. The van der Waals surface area contributed by atoms with E-state index >= 15 is 0 Å². The van der Waals surface area contributed by atoms with Crippen LogP contribution in [0.3, 0.4) is 0 Å². The van der Waals surface area contributed by atoms with E-state index in [1.54, 1.807) is 0 Å².